The number of hydrogen-bond donors (Lipinski definition) is 1. The third-order valence-corrected chi connectivity index (χ3v) is 4.06. The number of hydrogen-bond acceptors (Lipinski definition) is 3. The molecule has 3 heteroatoms. The fourth-order valence-electron chi connectivity index (χ4n) is 2.84. The molecule has 0 spiro atoms. The van der Waals surface area contributed by atoms with E-state index in [0.717, 1.165) is 29.9 Å². The maximum absolute atomic E-state index is 6.28. The number of ether oxygens (including phenoxy) is 2. The van der Waals surface area contributed by atoms with E-state index in [0.29, 0.717) is 0 Å². The first-order chi connectivity index (χ1) is 9.74. The van der Waals surface area contributed by atoms with E-state index in [9.17, 15) is 0 Å². The van der Waals surface area contributed by atoms with Crippen molar-refractivity contribution in [3.05, 3.63) is 23.8 Å². The smallest absolute Gasteiger partial charge is 0.124 e. The summed E-state index contributed by atoms with van der Waals surface area (Å²) >= 11 is 0. The molecule has 112 valence electrons. The van der Waals surface area contributed by atoms with Crippen LogP contribution in [0.4, 0.5) is 0 Å². The highest BCUT2D eigenvalue weighted by Crippen LogP contribution is 2.37. The molecule has 1 heterocycles. The van der Waals surface area contributed by atoms with Crippen molar-refractivity contribution in [2.24, 2.45) is 5.73 Å². The summed E-state index contributed by atoms with van der Waals surface area (Å²) in [6.45, 7) is 2.24. The molecule has 0 aliphatic carbocycles. The summed E-state index contributed by atoms with van der Waals surface area (Å²) in [5.74, 6) is 1.78. The molecule has 1 unspecified atom stereocenters. The zero-order valence-electron chi connectivity index (χ0n) is 12.7. The van der Waals surface area contributed by atoms with Crippen molar-refractivity contribution in [2.75, 3.05) is 7.11 Å². The van der Waals surface area contributed by atoms with Crippen molar-refractivity contribution < 1.29 is 9.47 Å². The minimum atomic E-state index is 0.0643. The zero-order valence-corrected chi connectivity index (χ0v) is 12.7. The molecule has 0 amide bonds. The molecule has 0 saturated carbocycles. The van der Waals surface area contributed by atoms with E-state index in [4.69, 9.17) is 15.2 Å². The van der Waals surface area contributed by atoms with Crippen molar-refractivity contribution in [1.82, 2.24) is 0 Å². The fourth-order valence-corrected chi connectivity index (χ4v) is 2.84. The molecule has 1 aliphatic heterocycles. The van der Waals surface area contributed by atoms with E-state index in [-0.39, 0.29) is 12.1 Å². The van der Waals surface area contributed by atoms with E-state index in [1.807, 2.05) is 18.2 Å². The lowest BCUT2D eigenvalue weighted by Gasteiger charge is -2.30. The summed E-state index contributed by atoms with van der Waals surface area (Å²) in [5, 5.41) is 0. The molecule has 2 rings (SSSR count). The van der Waals surface area contributed by atoms with Gasteiger partial charge in [-0.1, -0.05) is 32.6 Å². The normalized spacial score (nSPS) is 21.1. The molecule has 0 fully saturated rings. The Hall–Kier alpha value is -1.22. The van der Waals surface area contributed by atoms with Crippen molar-refractivity contribution in [1.29, 1.82) is 0 Å². The van der Waals surface area contributed by atoms with Gasteiger partial charge in [-0.2, -0.15) is 0 Å². The van der Waals surface area contributed by atoms with Crippen LogP contribution in [0.3, 0.4) is 0 Å². The predicted molar refractivity (Wildman–Crippen MR) is 82.3 cm³/mol. The Balaban J connectivity index is 1.87. The van der Waals surface area contributed by atoms with Gasteiger partial charge in [0, 0.05) is 18.0 Å². The summed E-state index contributed by atoms with van der Waals surface area (Å²) in [5.41, 5.74) is 7.35. The summed E-state index contributed by atoms with van der Waals surface area (Å²) in [6.07, 6.45) is 8.81. The zero-order chi connectivity index (χ0) is 14.4. The van der Waals surface area contributed by atoms with Crippen LogP contribution in [-0.4, -0.2) is 13.2 Å². The van der Waals surface area contributed by atoms with Crippen LogP contribution >= 0.6 is 0 Å². The van der Waals surface area contributed by atoms with E-state index < -0.39 is 0 Å². The van der Waals surface area contributed by atoms with Crippen molar-refractivity contribution >= 4 is 0 Å². The Morgan fingerprint density at radius 3 is 2.80 bits per heavy atom. The van der Waals surface area contributed by atoms with Crippen LogP contribution in [0.25, 0.3) is 0 Å². The summed E-state index contributed by atoms with van der Waals surface area (Å²) in [7, 11) is 1.68. The number of methoxy groups -OCH3 is 1. The molecule has 0 saturated heterocycles. The van der Waals surface area contributed by atoms with E-state index in [2.05, 4.69) is 6.92 Å². The van der Waals surface area contributed by atoms with Crippen molar-refractivity contribution in [3.63, 3.8) is 0 Å². The van der Waals surface area contributed by atoms with Gasteiger partial charge in [0.1, 0.15) is 17.6 Å². The second-order valence-corrected chi connectivity index (χ2v) is 5.69. The van der Waals surface area contributed by atoms with E-state index >= 15 is 0 Å². The highest BCUT2D eigenvalue weighted by atomic mass is 16.5. The van der Waals surface area contributed by atoms with Crippen LogP contribution in [0.5, 0.6) is 11.5 Å². The molecule has 2 atom stereocenters. The van der Waals surface area contributed by atoms with Crippen LogP contribution in [-0.2, 0) is 0 Å². The Bertz CT molecular complexity index is 419. The van der Waals surface area contributed by atoms with Gasteiger partial charge in [0.05, 0.1) is 7.11 Å². The Kier molecular flexibility index (Phi) is 5.72. The topological polar surface area (TPSA) is 44.5 Å². The highest BCUT2D eigenvalue weighted by molar-refractivity contribution is 5.43. The number of benzene rings is 1. The van der Waals surface area contributed by atoms with Gasteiger partial charge in [-0.15, -0.1) is 0 Å². The minimum absolute atomic E-state index is 0.0643. The molecule has 2 N–H and O–H groups in total. The quantitative estimate of drug-likeness (QED) is 0.759. The summed E-state index contributed by atoms with van der Waals surface area (Å²) < 4.78 is 11.3. The Morgan fingerprint density at radius 1 is 1.25 bits per heavy atom. The van der Waals surface area contributed by atoms with Gasteiger partial charge in [0.2, 0.25) is 0 Å². The number of rotatable bonds is 7. The first-order valence-corrected chi connectivity index (χ1v) is 7.84. The van der Waals surface area contributed by atoms with Gasteiger partial charge in [0.25, 0.3) is 0 Å². The highest BCUT2D eigenvalue weighted by Gasteiger charge is 2.25. The largest absolute Gasteiger partial charge is 0.497 e. The fraction of sp³-hybridized carbons (Fsp3) is 0.647. The lowest BCUT2D eigenvalue weighted by atomic mass is 9.94. The molecular formula is C17H27NO2. The molecule has 1 aliphatic rings. The molecule has 0 aromatic heterocycles. The van der Waals surface area contributed by atoms with Crippen LogP contribution in [0.2, 0.25) is 0 Å². The SMILES string of the molecule is CCCCCCCC1C[C@H](N)c2cc(OC)ccc2O1. The van der Waals surface area contributed by atoms with Crippen LogP contribution in [0.15, 0.2) is 18.2 Å². The lowest BCUT2D eigenvalue weighted by Crippen LogP contribution is -2.29. The molecule has 20 heavy (non-hydrogen) atoms. The molecule has 0 bridgehead atoms. The third-order valence-electron chi connectivity index (χ3n) is 4.06. The van der Waals surface area contributed by atoms with Crippen LogP contribution in [0.1, 0.15) is 63.5 Å². The van der Waals surface area contributed by atoms with Crippen LogP contribution in [0, 0.1) is 0 Å². The molecule has 1 aromatic rings. The third kappa shape index (κ3) is 3.89. The van der Waals surface area contributed by atoms with E-state index in [1.165, 1.54) is 32.1 Å². The van der Waals surface area contributed by atoms with Gasteiger partial charge in [-0.25, -0.2) is 0 Å². The second-order valence-electron chi connectivity index (χ2n) is 5.69. The number of unbranched alkanes of at least 4 members (excludes halogenated alkanes) is 4. The predicted octanol–water partition coefficient (Wildman–Crippen LogP) is 4.21. The number of fused-ring (bicyclic) bond motifs is 1. The van der Waals surface area contributed by atoms with Gasteiger partial charge >= 0.3 is 0 Å². The molecular weight excluding hydrogens is 250 g/mol. The van der Waals surface area contributed by atoms with Crippen molar-refractivity contribution in [3.8, 4) is 11.5 Å². The summed E-state index contributed by atoms with van der Waals surface area (Å²) in [6, 6.07) is 5.98. The average molecular weight is 277 g/mol. The maximum atomic E-state index is 6.28. The molecule has 1 aromatic carbocycles. The Morgan fingerprint density at radius 2 is 2.05 bits per heavy atom. The van der Waals surface area contributed by atoms with Gasteiger partial charge in [-0.05, 0) is 31.0 Å². The second kappa shape index (κ2) is 7.53. The molecule has 0 radical (unpaired) electrons. The van der Waals surface area contributed by atoms with Gasteiger partial charge in [-0.3, -0.25) is 0 Å². The monoisotopic (exact) mass is 277 g/mol. The van der Waals surface area contributed by atoms with Gasteiger partial charge in [0.15, 0.2) is 0 Å². The van der Waals surface area contributed by atoms with Crippen LogP contribution < -0.4 is 15.2 Å². The first-order valence-electron chi connectivity index (χ1n) is 7.84. The lowest BCUT2D eigenvalue weighted by molar-refractivity contribution is 0.146. The Labute approximate surface area is 122 Å². The minimum Gasteiger partial charge on any atom is -0.497 e. The summed E-state index contributed by atoms with van der Waals surface area (Å²) in [4.78, 5) is 0. The first kappa shape index (κ1) is 15.2. The van der Waals surface area contributed by atoms with Crippen molar-refractivity contribution in [2.45, 2.75) is 64.0 Å². The maximum Gasteiger partial charge on any atom is 0.124 e. The molecule has 3 nitrogen and oxygen atoms in total. The van der Waals surface area contributed by atoms with Gasteiger partial charge < -0.3 is 15.2 Å². The average Bonchev–Trinajstić information content (AvgIpc) is 2.47. The standard InChI is InChI=1S/C17H27NO2/c1-3-4-5-6-7-8-14-12-16(18)15-11-13(19-2)9-10-17(15)20-14/h9-11,14,16H,3-8,12,18H2,1-2H3/t14?,16-/m0/s1. The number of nitrogens with two attached hydrogens (primary N) is 1. The van der Waals surface area contributed by atoms with E-state index in [1.54, 1.807) is 7.11 Å².